The molecular weight excluding hydrogens is 607 g/mol. The van der Waals surface area contributed by atoms with Gasteiger partial charge in [-0.05, 0) is 52.4 Å². The fraction of sp³-hybridized carbons (Fsp3) is 0.129. The average Bonchev–Trinajstić information content (AvgIpc) is 3.16. The minimum absolute atomic E-state index is 0. The molecule has 0 saturated heterocycles. The van der Waals surface area contributed by atoms with Crippen LogP contribution in [0.3, 0.4) is 0 Å². The molecule has 35 heavy (non-hydrogen) atoms. The van der Waals surface area contributed by atoms with Crippen LogP contribution in [0, 0.1) is 19.0 Å². The Kier molecular flexibility index (Phi) is 6.22. The summed E-state index contributed by atoms with van der Waals surface area (Å²) in [5.41, 5.74) is 7.82. The van der Waals surface area contributed by atoms with Gasteiger partial charge in [-0.3, -0.25) is 4.98 Å². The van der Waals surface area contributed by atoms with Crippen LogP contribution in [0.15, 0.2) is 97.3 Å². The molecule has 0 spiro atoms. The van der Waals surface area contributed by atoms with Crippen LogP contribution in [0.2, 0.25) is 0 Å². The summed E-state index contributed by atoms with van der Waals surface area (Å²) in [5, 5.41) is 0. The molecule has 0 fully saturated rings. The zero-order valence-corrected chi connectivity index (χ0v) is 21.8. The van der Waals surface area contributed by atoms with E-state index in [1.807, 2.05) is 60.8 Å². The third-order valence-corrected chi connectivity index (χ3v) is 6.05. The molecule has 3 nitrogen and oxygen atoms in total. The van der Waals surface area contributed by atoms with Gasteiger partial charge in [0.05, 0.1) is 0 Å². The van der Waals surface area contributed by atoms with Crippen molar-refractivity contribution in [1.29, 1.82) is 0 Å². The molecular formula is C31H25IrN3-2. The van der Waals surface area contributed by atoms with E-state index in [0.29, 0.717) is 11.4 Å². The predicted molar refractivity (Wildman–Crippen MR) is 137 cm³/mol. The molecule has 4 heteroatoms. The van der Waals surface area contributed by atoms with E-state index in [-0.39, 0.29) is 31.2 Å². The molecule has 5 aromatic rings. The van der Waals surface area contributed by atoms with Crippen LogP contribution in [0.25, 0.3) is 33.8 Å². The molecule has 0 atom stereocenters. The van der Waals surface area contributed by atoms with Crippen molar-refractivity contribution in [2.75, 3.05) is 0 Å². The first kappa shape index (κ1) is 20.9. The summed E-state index contributed by atoms with van der Waals surface area (Å²) < 4.78 is 22.6. The number of aryl methyl sites for hydroxylation is 1. The molecule has 0 N–H and O–H groups in total. The van der Waals surface area contributed by atoms with Crippen LogP contribution in [-0.4, -0.2) is 15.0 Å². The molecule has 3 heterocycles. The van der Waals surface area contributed by atoms with Crippen LogP contribution in [-0.2, 0) is 25.5 Å². The van der Waals surface area contributed by atoms with E-state index in [1.165, 1.54) is 22.8 Å². The van der Waals surface area contributed by atoms with E-state index < -0.39 is 6.85 Å². The molecule has 175 valence electrons. The second-order valence-electron chi connectivity index (χ2n) is 8.60. The van der Waals surface area contributed by atoms with Crippen molar-refractivity contribution in [2.45, 2.75) is 26.1 Å². The van der Waals surface area contributed by atoms with Gasteiger partial charge in [-0.2, -0.15) is 12.1 Å². The van der Waals surface area contributed by atoms with Gasteiger partial charge in [0.15, 0.2) is 0 Å². The fourth-order valence-electron chi connectivity index (χ4n) is 4.32. The molecule has 0 bridgehead atoms. The Morgan fingerprint density at radius 1 is 0.771 bits per heavy atom. The summed E-state index contributed by atoms with van der Waals surface area (Å²) in [4.78, 5) is 13.0. The Bertz CT molecular complexity index is 1500. The molecule has 1 aliphatic carbocycles. The molecule has 0 saturated carbocycles. The van der Waals surface area contributed by atoms with Gasteiger partial charge in [0.2, 0.25) is 0 Å². The summed E-state index contributed by atoms with van der Waals surface area (Å²) in [6, 6.07) is 33.3. The summed E-state index contributed by atoms with van der Waals surface area (Å²) in [7, 11) is 0. The van der Waals surface area contributed by atoms with Gasteiger partial charge in [0, 0.05) is 47.6 Å². The minimum Gasteiger partial charge on any atom is -0.317 e. The Hall–Kier alpha value is -3.46. The van der Waals surface area contributed by atoms with Crippen molar-refractivity contribution in [1.82, 2.24) is 15.0 Å². The number of benzene rings is 2. The van der Waals surface area contributed by atoms with E-state index in [2.05, 4.69) is 59.1 Å². The Balaban J connectivity index is 0.000000218. The van der Waals surface area contributed by atoms with Crippen LogP contribution in [0.5, 0.6) is 0 Å². The molecule has 0 unspecified atom stereocenters. The van der Waals surface area contributed by atoms with Crippen LogP contribution in [0.4, 0.5) is 0 Å². The maximum atomic E-state index is 7.54. The standard InChI is InChI=1S/C20H17N2.C11H8N.Ir/c1-13-7-6-10-18(22-13)19-11-17-15(12-21-19)14-8-4-5-9-16(14)20(17,2)3;1-2-6-10(7-3-1)11-8-4-5-9-12-11;/h4-9,11-12H,1-3H3;1-6,8-9H;/q2*-1;/i1D3;;. The van der Waals surface area contributed by atoms with Gasteiger partial charge in [0.25, 0.3) is 0 Å². The second kappa shape index (κ2) is 10.4. The van der Waals surface area contributed by atoms with Gasteiger partial charge in [-0.25, -0.2) is 0 Å². The molecule has 0 amide bonds. The zero-order chi connectivity index (χ0) is 26.0. The Morgan fingerprint density at radius 3 is 2.37 bits per heavy atom. The van der Waals surface area contributed by atoms with E-state index in [4.69, 9.17) is 4.11 Å². The number of aromatic nitrogens is 3. The van der Waals surface area contributed by atoms with Crippen molar-refractivity contribution in [3.8, 4) is 33.8 Å². The van der Waals surface area contributed by atoms with Crippen molar-refractivity contribution >= 4 is 0 Å². The van der Waals surface area contributed by atoms with Crippen molar-refractivity contribution < 1.29 is 24.2 Å². The largest absolute Gasteiger partial charge is 0.317 e. The number of rotatable bonds is 2. The van der Waals surface area contributed by atoms with E-state index in [0.717, 1.165) is 16.8 Å². The number of pyridine rings is 3. The van der Waals surface area contributed by atoms with Gasteiger partial charge in [-0.1, -0.05) is 56.3 Å². The SMILES string of the molecule is [2H]C([2H])([2H])c1cc[c-]c(-c2cc3c(cn2)-c2ccccc2C3(C)C)n1.[Ir].[c-]1ccccc1-c1ccccn1. The van der Waals surface area contributed by atoms with Crippen molar-refractivity contribution in [2.24, 2.45) is 0 Å². The summed E-state index contributed by atoms with van der Waals surface area (Å²) in [6.07, 6.45) is 3.64. The summed E-state index contributed by atoms with van der Waals surface area (Å²) in [5.74, 6) is 0. The van der Waals surface area contributed by atoms with Crippen LogP contribution >= 0.6 is 0 Å². The average molecular weight is 635 g/mol. The van der Waals surface area contributed by atoms with Gasteiger partial charge in [0.1, 0.15) is 0 Å². The van der Waals surface area contributed by atoms with Gasteiger partial charge < -0.3 is 9.97 Å². The van der Waals surface area contributed by atoms with E-state index >= 15 is 0 Å². The molecule has 3 aromatic heterocycles. The normalized spacial score (nSPS) is 14.1. The molecule has 6 rings (SSSR count). The number of nitrogens with zero attached hydrogens (tertiary/aromatic N) is 3. The molecule has 1 aliphatic rings. The fourth-order valence-corrected chi connectivity index (χ4v) is 4.32. The van der Waals surface area contributed by atoms with Gasteiger partial charge in [-0.15, -0.1) is 42.0 Å². The van der Waals surface area contributed by atoms with Gasteiger partial charge >= 0.3 is 0 Å². The smallest absolute Gasteiger partial charge is 0.0284 e. The summed E-state index contributed by atoms with van der Waals surface area (Å²) >= 11 is 0. The first-order chi connectivity index (χ1) is 17.7. The van der Waals surface area contributed by atoms with E-state index in [1.54, 1.807) is 12.3 Å². The van der Waals surface area contributed by atoms with Crippen LogP contribution < -0.4 is 0 Å². The Labute approximate surface area is 224 Å². The topological polar surface area (TPSA) is 38.7 Å². The number of hydrogen-bond donors (Lipinski definition) is 0. The van der Waals surface area contributed by atoms with Crippen molar-refractivity contribution in [3.63, 3.8) is 0 Å². The third kappa shape index (κ3) is 5.00. The second-order valence-corrected chi connectivity index (χ2v) is 8.60. The van der Waals surface area contributed by atoms with Crippen LogP contribution in [0.1, 0.15) is 34.8 Å². The molecule has 1 radical (unpaired) electrons. The molecule has 0 aliphatic heterocycles. The number of hydrogen-bond acceptors (Lipinski definition) is 3. The van der Waals surface area contributed by atoms with Crippen molar-refractivity contribution in [3.05, 3.63) is 126 Å². The third-order valence-electron chi connectivity index (χ3n) is 6.05. The predicted octanol–water partition coefficient (Wildman–Crippen LogP) is 7.10. The minimum atomic E-state index is -2.24. The maximum absolute atomic E-state index is 7.54. The summed E-state index contributed by atoms with van der Waals surface area (Å²) in [6.45, 7) is 2.14. The van der Waals surface area contributed by atoms with E-state index in [9.17, 15) is 0 Å². The maximum Gasteiger partial charge on any atom is 0.0284 e. The first-order valence-electron chi connectivity index (χ1n) is 12.6. The first-order valence-corrected chi connectivity index (χ1v) is 11.1. The Morgan fingerprint density at radius 2 is 1.60 bits per heavy atom. The number of fused-ring (bicyclic) bond motifs is 3. The monoisotopic (exact) mass is 635 g/mol. The zero-order valence-electron chi connectivity index (χ0n) is 22.4. The molecule has 2 aromatic carbocycles. The quantitative estimate of drug-likeness (QED) is 0.195.